The maximum absolute atomic E-state index is 12.7. The van der Waals surface area contributed by atoms with Crippen LogP contribution in [0.15, 0.2) is 66.7 Å². The van der Waals surface area contributed by atoms with Crippen molar-refractivity contribution in [1.82, 2.24) is 9.78 Å². The van der Waals surface area contributed by atoms with Gasteiger partial charge in [0, 0.05) is 12.0 Å². The zero-order valence-electron chi connectivity index (χ0n) is 12.6. The Morgan fingerprint density at radius 1 is 0.913 bits per heavy atom. The van der Waals surface area contributed by atoms with Crippen molar-refractivity contribution in [2.24, 2.45) is 0 Å². The van der Waals surface area contributed by atoms with E-state index in [9.17, 15) is 4.79 Å². The van der Waals surface area contributed by atoms with Gasteiger partial charge in [-0.2, -0.15) is 5.10 Å². The fourth-order valence-corrected chi connectivity index (χ4v) is 2.96. The minimum absolute atomic E-state index is 0.158. The maximum Gasteiger partial charge on any atom is 0.167 e. The number of carbonyl (C=O) groups is 1. The third-order valence-electron chi connectivity index (χ3n) is 4.06. The van der Waals surface area contributed by atoms with Crippen molar-refractivity contribution < 1.29 is 4.79 Å². The molecule has 1 aromatic heterocycles. The number of fused-ring (bicyclic) bond motifs is 1. The van der Waals surface area contributed by atoms with E-state index in [1.807, 2.05) is 71.4 Å². The third-order valence-corrected chi connectivity index (χ3v) is 4.06. The molecule has 2 aromatic carbocycles. The molecule has 1 aliphatic carbocycles. The molecule has 1 heterocycles. The SMILES string of the molecule is O=C1CCC=Cc2c1c(-c1ccccc1)nn2-c1ccccc1. The van der Waals surface area contributed by atoms with Crippen LogP contribution in [-0.2, 0) is 0 Å². The molecule has 0 unspecified atom stereocenters. The van der Waals surface area contributed by atoms with Gasteiger partial charge >= 0.3 is 0 Å². The summed E-state index contributed by atoms with van der Waals surface area (Å²) in [7, 11) is 0. The Hall–Kier alpha value is -2.94. The first-order chi connectivity index (χ1) is 11.3. The van der Waals surface area contributed by atoms with Crippen LogP contribution in [0.2, 0.25) is 0 Å². The molecule has 0 radical (unpaired) electrons. The average molecular weight is 300 g/mol. The van der Waals surface area contributed by atoms with Gasteiger partial charge in [0.2, 0.25) is 0 Å². The number of hydrogen-bond donors (Lipinski definition) is 0. The highest BCUT2D eigenvalue weighted by atomic mass is 16.1. The van der Waals surface area contributed by atoms with Crippen LogP contribution >= 0.6 is 0 Å². The Kier molecular flexibility index (Phi) is 3.39. The van der Waals surface area contributed by atoms with Crippen molar-refractivity contribution in [1.29, 1.82) is 0 Å². The highest BCUT2D eigenvalue weighted by Crippen LogP contribution is 2.31. The molecule has 1 aliphatic rings. The lowest BCUT2D eigenvalue weighted by molar-refractivity contribution is 0.0985. The number of Topliss-reactive ketones (excluding diaryl/α,β-unsaturated/α-hetero) is 1. The van der Waals surface area contributed by atoms with Crippen LogP contribution in [-0.4, -0.2) is 15.6 Å². The maximum atomic E-state index is 12.7. The smallest absolute Gasteiger partial charge is 0.167 e. The van der Waals surface area contributed by atoms with Gasteiger partial charge in [-0.25, -0.2) is 4.68 Å². The van der Waals surface area contributed by atoms with Crippen molar-refractivity contribution in [3.05, 3.63) is 78.0 Å². The van der Waals surface area contributed by atoms with Gasteiger partial charge < -0.3 is 0 Å². The van der Waals surface area contributed by atoms with E-state index >= 15 is 0 Å². The van der Waals surface area contributed by atoms with Gasteiger partial charge in [0.25, 0.3) is 0 Å². The Balaban J connectivity index is 2.00. The zero-order valence-corrected chi connectivity index (χ0v) is 12.6. The number of rotatable bonds is 2. The minimum Gasteiger partial charge on any atom is -0.294 e. The van der Waals surface area contributed by atoms with Crippen LogP contribution in [0.25, 0.3) is 23.0 Å². The highest BCUT2D eigenvalue weighted by molar-refractivity contribution is 6.05. The standard InChI is InChI=1S/C20H16N2O/c23-18-14-8-7-13-17-19(18)20(15-9-3-1-4-10-15)21-22(17)16-11-5-2-6-12-16/h1-7,9-13H,8,14H2. The van der Waals surface area contributed by atoms with Crippen LogP contribution in [0.1, 0.15) is 28.9 Å². The molecule has 0 saturated heterocycles. The molecule has 112 valence electrons. The van der Waals surface area contributed by atoms with E-state index < -0.39 is 0 Å². The Morgan fingerprint density at radius 2 is 1.61 bits per heavy atom. The molecule has 0 saturated carbocycles. The first-order valence-electron chi connectivity index (χ1n) is 7.78. The molecule has 3 aromatic rings. The van der Waals surface area contributed by atoms with Gasteiger partial charge in [-0.1, -0.05) is 54.6 Å². The second kappa shape index (κ2) is 5.69. The summed E-state index contributed by atoms with van der Waals surface area (Å²) in [6, 6.07) is 19.9. The van der Waals surface area contributed by atoms with Crippen LogP contribution in [0, 0.1) is 0 Å². The lowest BCUT2D eigenvalue weighted by Crippen LogP contribution is -2.01. The summed E-state index contributed by atoms with van der Waals surface area (Å²) in [5.74, 6) is 0.158. The molecule has 0 N–H and O–H groups in total. The summed E-state index contributed by atoms with van der Waals surface area (Å²) in [5, 5.41) is 4.77. The normalized spacial score (nSPS) is 13.7. The van der Waals surface area contributed by atoms with Crippen molar-refractivity contribution >= 4 is 11.9 Å². The van der Waals surface area contributed by atoms with Crippen LogP contribution in [0.3, 0.4) is 0 Å². The van der Waals surface area contributed by atoms with E-state index in [1.165, 1.54) is 0 Å². The van der Waals surface area contributed by atoms with Crippen molar-refractivity contribution in [2.45, 2.75) is 12.8 Å². The second-order valence-electron chi connectivity index (χ2n) is 5.59. The first-order valence-corrected chi connectivity index (χ1v) is 7.78. The molecule has 0 fully saturated rings. The predicted octanol–water partition coefficient (Wildman–Crippen LogP) is 4.53. The molecular weight excluding hydrogens is 284 g/mol. The number of aromatic nitrogens is 2. The average Bonchev–Trinajstić information content (AvgIpc) is 2.89. The number of carbonyl (C=O) groups excluding carboxylic acids is 1. The van der Waals surface area contributed by atoms with E-state index in [1.54, 1.807) is 0 Å². The number of benzene rings is 2. The van der Waals surface area contributed by atoms with E-state index in [2.05, 4.69) is 6.08 Å². The molecule has 0 bridgehead atoms. The molecule has 0 aliphatic heterocycles. The van der Waals surface area contributed by atoms with Crippen LogP contribution in [0.4, 0.5) is 0 Å². The third kappa shape index (κ3) is 2.40. The van der Waals surface area contributed by atoms with Gasteiger partial charge in [-0.3, -0.25) is 4.79 Å². The van der Waals surface area contributed by atoms with Crippen molar-refractivity contribution in [3.8, 4) is 16.9 Å². The highest BCUT2D eigenvalue weighted by Gasteiger charge is 2.24. The summed E-state index contributed by atoms with van der Waals surface area (Å²) < 4.78 is 1.87. The van der Waals surface area contributed by atoms with Gasteiger partial charge in [0.15, 0.2) is 5.78 Å². The molecule has 23 heavy (non-hydrogen) atoms. The molecule has 0 atom stereocenters. The number of hydrogen-bond acceptors (Lipinski definition) is 2. The van der Waals surface area contributed by atoms with E-state index in [0.717, 1.165) is 34.6 Å². The minimum atomic E-state index is 0.158. The lowest BCUT2D eigenvalue weighted by atomic mass is 10.0. The molecular formula is C20H16N2O. The molecule has 0 amide bonds. The Morgan fingerprint density at radius 3 is 2.35 bits per heavy atom. The lowest BCUT2D eigenvalue weighted by Gasteiger charge is -2.04. The zero-order chi connectivity index (χ0) is 15.6. The van der Waals surface area contributed by atoms with Crippen molar-refractivity contribution in [2.75, 3.05) is 0 Å². The number of nitrogens with zero attached hydrogens (tertiary/aromatic N) is 2. The predicted molar refractivity (Wildman–Crippen MR) is 91.6 cm³/mol. The van der Waals surface area contributed by atoms with Crippen molar-refractivity contribution in [3.63, 3.8) is 0 Å². The van der Waals surface area contributed by atoms with Crippen LogP contribution < -0.4 is 0 Å². The monoisotopic (exact) mass is 300 g/mol. The molecule has 3 nitrogen and oxygen atoms in total. The fraction of sp³-hybridized carbons (Fsp3) is 0.100. The molecule has 0 spiro atoms. The largest absolute Gasteiger partial charge is 0.294 e. The fourth-order valence-electron chi connectivity index (χ4n) is 2.96. The van der Waals surface area contributed by atoms with E-state index in [-0.39, 0.29) is 5.78 Å². The Labute approximate surface area is 134 Å². The summed E-state index contributed by atoms with van der Waals surface area (Å²) in [5.41, 5.74) is 4.31. The van der Waals surface area contributed by atoms with Gasteiger partial charge in [-0.15, -0.1) is 0 Å². The number of allylic oxidation sites excluding steroid dienone is 1. The summed E-state index contributed by atoms with van der Waals surface area (Å²) in [6.07, 6.45) is 5.38. The van der Waals surface area contributed by atoms with Gasteiger partial charge in [0.05, 0.1) is 16.9 Å². The summed E-state index contributed by atoms with van der Waals surface area (Å²) in [4.78, 5) is 12.7. The molecule has 3 heteroatoms. The quantitative estimate of drug-likeness (QED) is 0.697. The topological polar surface area (TPSA) is 34.9 Å². The Bertz CT molecular complexity index is 877. The summed E-state index contributed by atoms with van der Waals surface area (Å²) in [6.45, 7) is 0. The number of ketones is 1. The van der Waals surface area contributed by atoms with Gasteiger partial charge in [-0.05, 0) is 24.6 Å². The van der Waals surface area contributed by atoms with Gasteiger partial charge in [0.1, 0.15) is 5.69 Å². The second-order valence-corrected chi connectivity index (χ2v) is 5.59. The van der Waals surface area contributed by atoms with E-state index in [0.29, 0.717) is 6.42 Å². The number of para-hydroxylation sites is 1. The molecule has 4 rings (SSSR count). The first kappa shape index (κ1) is 13.7. The summed E-state index contributed by atoms with van der Waals surface area (Å²) >= 11 is 0. The van der Waals surface area contributed by atoms with Crippen LogP contribution in [0.5, 0.6) is 0 Å². The van der Waals surface area contributed by atoms with E-state index in [4.69, 9.17) is 5.10 Å².